The summed E-state index contributed by atoms with van der Waals surface area (Å²) in [6, 6.07) is 18.3. The number of nitro benzene ring substituents is 1. The van der Waals surface area contributed by atoms with E-state index in [2.05, 4.69) is 4.72 Å². The highest BCUT2D eigenvalue weighted by Crippen LogP contribution is 2.30. The van der Waals surface area contributed by atoms with E-state index in [1.165, 1.54) is 36.4 Å². The van der Waals surface area contributed by atoms with Crippen LogP contribution >= 0.6 is 0 Å². The molecule has 1 heterocycles. The van der Waals surface area contributed by atoms with Gasteiger partial charge in [-0.1, -0.05) is 36.4 Å². The van der Waals surface area contributed by atoms with Gasteiger partial charge in [-0.15, -0.1) is 0 Å². The molecule has 168 valence electrons. The highest BCUT2D eigenvalue weighted by Gasteiger charge is 2.22. The molecule has 0 unspecified atom stereocenters. The molecule has 0 saturated heterocycles. The van der Waals surface area contributed by atoms with Crippen molar-refractivity contribution in [2.75, 3.05) is 4.72 Å². The molecule has 4 rings (SSSR count). The molecular formula is C23H18N2O7S. The summed E-state index contributed by atoms with van der Waals surface area (Å²) in [5.41, 5.74) is 1.21. The first-order valence-electron chi connectivity index (χ1n) is 9.76. The summed E-state index contributed by atoms with van der Waals surface area (Å²) in [6.45, 7) is 1.69. The summed E-state index contributed by atoms with van der Waals surface area (Å²) in [5.74, 6) is -0.268. The number of sulfonamides is 1. The Labute approximate surface area is 188 Å². The zero-order chi connectivity index (χ0) is 23.6. The first-order chi connectivity index (χ1) is 15.7. The number of nitrogens with zero attached hydrogens (tertiary/aromatic N) is 1. The Morgan fingerprint density at radius 3 is 2.55 bits per heavy atom. The fraction of sp³-hybridized carbons (Fsp3) is 0.0870. The van der Waals surface area contributed by atoms with E-state index in [4.69, 9.17) is 9.15 Å². The van der Waals surface area contributed by atoms with Gasteiger partial charge in [0.1, 0.15) is 23.5 Å². The molecule has 0 amide bonds. The predicted octanol–water partition coefficient (Wildman–Crippen LogP) is 4.81. The SMILES string of the molecule is Cc1oc2ccc(NS(=O)(=O)c3cccc([N+](=O)[O-])c3)cc2c1C(=O)OCc1ccccc1. The number of hydrogen-bond donors (Lipinski definition) is 1. The van der Waals surface area contributed by atoms with E-state index in [0.29, 0.717) is 16.7 Å². The Morgan fingerprint density at radius 2 is 1.82 bits per heavy atom. The number of furan rings is 1. The van der Waals surface area contributed by atoms with Crippen LogP contribution in [0.25, 0.3) is 11.0 Å². The van der Waals surface area contributed by atoms with E-state index in [9.17, 15) is 23.3 Å². The molecule has 0 spiro atoms. The summed E-state index contributed by atoms with van der Waals surface area (Å²) < 4.78 is 38.9. The van der Waals surface area contributed by atoms with E-state index >= 15 is 0 Å². The van der Waals surface area contributed by atoms with Crippen molar-refractivity contribution in [3.8, 4) is 0 Å². The zero-order valence-corrected chi connectivity index (χ0v) is 18.2. The lowest BCUT2D eigenvalue weighted by Gasteiger charge is -2.08. The molecule has 0 aliphatic heterocycles. The molecular weight excluding hydrogens is 448 g/mol. The van der Waals surface area contributed by atoms with Gasteiger partial charge in [-0.3, -0.25) is 14.8 Å². The molecule has 1 N–H and O–H groups in total. The quantitative estimate of drug-likeness (QED) is 0.235. The number of ether oxygens (including phenoxy) is 1. The van der Waals surface area contributed by atoms with Crippen molar-refractivity contribution < 1.29 is 27.3 Å². The van der Waals surface area contributed by atoms with Gasteiger partial charge in [0.15, 0.2) is 0 Å². The second kappa shape index (κ2) is 8.75. The fourth-order valence-electron chi connectivity index (χ4n) is 3.31. The van der Waals surface area contributed by atoms with Crippen molar-refractivity contribution >= 4 is 38.3 Å². The monoisotopic (exact) mass is 466 g/mol. The van der Waals surface area contributed by atoms with Crippen LogP contribution in [-0.2, 0) is 21.4 Å². The van der Waals surface area contributed by atoms with E-state index in [0.717, 1.165) is 11.6 Å². The number of anilines is 1. The van der Waals surface area contributed by atoms with Crippen LogP contribution in [-0.4, -0.2) is 19.3 Å². The van der Waals surface area contributed by atoms with Gasteiger partial charge in [-0.25, -0.2) is 13.2 Å². The van der Waals surface area contributed by atoms with E-state index < -0.39 is 20.9 Å². The van der Waals surface area contributed by atoms with Gasteiger partial charge in [-0.05, 0) is 36.8 Å². The molecule has 0 radical (unpaired) electrons. The van der Waals surface area contributed by atoms with Crippen LogP contribution in [0.15, 0.2) is 82.1 Å². The minimum Gasteiger partial charge on any atom is -0.460 e. The molecule has 9 nitrogen and oxygen atoms in total. The zero-order valence-electron chi connectivity index (χ0n) is 17.3. The Hall–Kier alpha value is -4.18. The van der Waals surface area contributed by atoms with Crippen molar-refractivity contribution in [1.29, 1.82) is 0 Å². The van der Waals surface area contributed by atoms with Crippen molar-refractivity contribution in [2.45, 2.75) is 18.4 Å². The molecule has 3 aromatic carbocycles. The number of carbonyl (C=O) groups excluding carboxylic acids is 1. The van der Waals surface area contributed by atoms with Crippen LogP contribution < -0.4 is 4.72 Å². The van der Waals surface area contributed by atoms with E-state index in [-0.39, 0.29) is 28.4 Å². The lowest BCUT2D eigenvalue weighted by Crippen LogP contribution is -2.13. The molecule has 0 atom stereocenters. The minimum atomic E-state index is -4.11. The summed E-state index contributed by atoms with van der Waals surface area (Å²) in [7, 11) is -4.11. The van der Waals surface area contributed by atoms with Crippen LogP contribution in [0.2, 0.25) is 0 Å². The molecule has 0 saturated carbocycles. The molecule has 0 aliphatic carbocycles. The summed E-state index contributed by atoms with van der Waals surface area (Å²) in [6.07, 6.45) is 0. The second-order valence-corrected chi connectivity index (χ2v) is 8.85. The lowest BCUT2D eigenvalue weighted by atomic mass is 10.1. The van der Waals surface area contributed by atoms with Crippen molar-refractivity contribution in [2.24, 2.45) is 0 Å². The normalized spacial score (nSPS) is 11.3. The van der Waals surface area contributed by atoms with Gasteiger partial charge in [0.25, 0.3) is 15.7 Å². The number of hydrogen-bond acceptors (Lipinski definition) is 7. The highest BCUT2D eigenvalue weighted by atomic mass is 32.2. The smallest absolute Gasteiger partial charge is 0.342 e. The first-order valence-corrected chi connectivity index (χ1v) is 11.2. The third kappa shape index (κ3) is 4.70. The van der Waals surface area contributed by atoms with Crippen LogP contribution in [0.3, 0.4) is 0 Å². The van der Waals surface area contributed by atoms with E-state index in [1.807, 2.05) is 30.3 Å². The van der Waals surface area contributed by atoms with Crippen molar-refractivity contribution in [1.82, 2.24) is 0 Å². The maximum absolute atomic E-state index is 12.7. The third-order valence-corrected chi connectivity index (χ3v) is 6.25. The van der Waals surface area contributed by atoms with E-state index in [1.54, 1.807) is 6.92 Å². The topological polar surface area (TPSA) is 129 Å². The largest absolute Gasteiger partial charge is 0.460 e. The average molecular weight is 466 g/mol. The summed E-state index contributed by atoms with van der Waals surface area (Å²) in [5, 5.41) is 11.3. The molecule has 0 aliphatic rings. The van der Waals surface area contributed by atoms with Gasteiger partial charge < -0.3 is 9.15 Å². The van der Waals surface area contributed by atoms with Crippen molar-refractivity contribution in [3.05, 3.63) is 99.8 Å². The van der Waals surface area contributed by atoms with Crippen LogP contribution in [0.1, 0.15) is 21.7 Å². The van der Waals surface area contributed by atoms with Gasteiger partial charge in [0.2, 0.25) is 0 Å². The Balaban J connectivity index is 1.62. The molecule has 1 aromatic heterocycles. The lowest BCUT2D eigenvalue weighted by molar-refractivity contribution is -0.385. The molecule has 0 bridgehead atoms. The summed E-state index contributed by atoms with van der Waals surface area (Å²) in [4.78, 5) is 22.8. The number of carbonyl (C=O) groups is 1. The van der Waals surface area contributed by atoms with Crippen LogP contribution in [0.4, 0.5) is 11.4 Å². The van der Waals surface area contributed by atoms with Gasteiger partial charge >= 0.3 is 5.97 Å². The number of nitro groups is 1. The van der Waals surface area contributed by atoms with Crippen LogP contribution in [0.5, 0.6) is 0 Å². The molecule has 0 fully saturated rings. The highest BCUT2D eigenvalue weighted by molar-refractivity contribution is 7.92. The van der Waals surface area contributed by atoms with Crippen LogP contribution in [0, 0.1) is 17.0 Å². The number of rotatable bonds is 7. The fourth-order valence-corrected chi connectivity index (χ4v) is 4.40. The first kappa shape index (κ1) is 22.0. The molecule has 4 aromatic rings. The number of esters is 1. The van der Waals surface area contributed by atoms with Gasteiger partial charge in [0, 0.05) is 23.2 Å². The van der Waals surface area contributed by atoms with Gasteiger partial charge in [0.05, 0.1) is 9.82 Å². The van der Waals surface area contributed by atoms with Gasteiger partial charge in [-0.2, -0.15) is 0 Å². The Morgan fingerprint density at radius 1 is 1.06 bits per heavy atom. The number of non-ortho nitro benzene ring substituents is 1. The summed E-state index contributed by atoms with van der Waals surface area (Å²) >= 11 is 0. The number of fused-ring (bicyclic) bond motifs is 1. The Bertz CT molecular complexity index is 1460. The maximum Gasteiger partial charge on any atom is 0.342 e. The minimum absolute atomic E-state index is 0.0743. The molecule has 33 heavy (non-hydrogen) atoms. The standard InChI is InChI=1S/C23H18N2O7S/c1-15-22(23(26)31-14-16-6-3-2-4-7-16)20-12-17(10-11-21(20)32-15)24-33(29,30)19-9-5-8-18(13-19)25(27)28/h2-13,24H,14H2,1H3. The van der Waals surface area contributed by atoms with Crippen molar-refractivity contribution in [3.63, 3.8) is 0 Å². The second-order valence-electron chi connectivity index (χ2n) is 7.17. The average Bonchev–Trinajstić information content (AvgIpc) is 3.13. The number of benzene rings is 3. The third-order valence-electron chi connectivity index (χ3n) is 4.87. The maximum atomic E-state index is 12.7. The Kier molecular flexibility index (Phi) is 5.84. The number of nitrogens with one attached hydrogen (secondary N) is 1. The number of aryl methyl sites for hydroxylation is 1. The predicted molar refractivity (Wildman–Crippen MR) is 120 cm³/mol. The molecule has 10 heteroatoms.